The third-order valence-corrected chi connectivity index (χ3v) is 4.14. The smallest absolute Gasteiger partial charge is 0.134 e. The molecule has 1 unspecified atom stereocenters. The van der Waals surface area contributed by atoms with Crippen LogP contribution < -0.4 is 5.32 Å². The van der Waals surface area contributed by atoms with Crippen LogP contribution in [0, 0.1) is 0 Å². The van der Waals surface area contributed by atoms with Gasteiger partial charge in [-0.1, -0.05) is 58.4 Å². The predicted octanol–water partition coefficient (Wildman–Crippen LogP) is 4.14. The molecule has 0 saturated heterocycles. The van der Waals surface area contributed by atoms with Crippen molar-refractivity contribution in [3.8, 4) is 0 Å². The molecule has 2 N–H and O–H groups in total. The van der Waals surface area contributed by atoms with Gasteiger partial charge in [-0.3, -0.25) is 0 Å². The topological polar surface area (TPSA) is 45.1 Å². The Morgan fingerprint density at radius 2 is 1.81 bits per heavy atom. The number of halogens is 1. The van der Waals surface area contributed by atoms with Crippen LogP contribution in [0.2, 0.25) is 0 Å². The van der Waals surface area contributed by atoms with Crippen molar-refractivity contribution in [1.29, 1.82) is 0 Å². The Hall–Kier alpha value is -1.91. The van der Waals surface area contributed by atoms with Crippen LogP contribution in [0.3, 0.4) is 0 Å². The molecule has 106 valence electrons. The first-order valence-electron chi connectivity index (χ1n) is 6.75. The molecule has 0 aliphatic carbocycles. The quantitative estimate of drug-likeness (QED) is 0.748. The van der Waals surface area contributed by atoms with E-state index in [0.29, 0.717) is 0 Å². The van der Waals surface area contributed by atoms with Crippen molar-refractivity contribution in [1.82, 2.24) is 4.98 Å². The summed E-state index contributed by atoms with van der Waals surface area (Å²) in [4.78, 5) is 4.42. The average Bonchev–Trinajstić information content (AvgIpc) is 2.54. The van der Waals surface area contributed by atoms with Crippen LogP contribution in [0.5, 0.6) is 0 Å². The highest BCUT2D eigenvalue weighted by Gasteiger charge is 2.12. The van der Waals surface area contributed by atoms with Crippen molar-refractivity contribution in [2.45, 2.75) is 6.04 Å². The Bertz CT molecular complexity index is 746. The van der Waals surface area contributed by atoms with Gasteiger partial charge in [0.2, 0.25) is 0 Å². The van der Waals surface area contributed by atoms with Gasteiger partial charge in [0.15, 0.2) is 0 Å². The minimum absolute atomic E-state index is 0.0100. The lowest BCUT2D eigenvalue weighted by Crippen LogP contribution is -2.15. The molecule has 3 rings (SSSR count). The molecule has 3 aromatic rings. The van der Waals surface area contributed by atoms with E-state index >= 15 is 0 Å². The maximum atomic E-state index is 9.67. The Balaban J connectivity index is 1.99. The highest BCUT2D eigenvalue weighted by molar-refractivity contribution is 9.10. The molecule has 0 radical (unpaired) electrons. The Morgan fingerprint density at radius 3 is 2.57 bits per heavy atom. The summed E-state index contributed by atoms with van der Waals surface area (Å²) in [6.45, 7) is 0.0100. The second-order valence-electron chi connectivity index (χ2n) is 4.78. The zero-order valence-corrected chi connectivity index (χ0v) is 12.9. The van der Waals surface area contributed by atoms with Crippen LogP contribution in [0.1, 0.15) is 11.6 Å². The van der Waals surface area contributed by atoms with Crippen molar-refractivity contribution in [2.24, 2.45) is 0 Å². The lowest BCUT2D eigenvalue weighted by atomic mass is 10.1. The van der Waals surface area contributed by atoms with Crippen molar-refractivity contribution in [3.05, 3.63) is 70.8 Å². The first-order chi connectivity index (χ1) is 10.3. The number of pyridine rings is 1. The fourth-order valence-corrected chi connectivity index (χ4v) is 2.87. The summed E-state index contributed by atoms with van der Waals surface area (Å²) in [7, 11) is 0. The Kier molecular flexibility index (Phi) is 4.18. The molecule has 0 aliphatic rings. The molecule has 1 heterocycles. The lowest BCUT2D eigenvalue weighted by Gasteiger charge is -2.18. The molecular weight excluding hydrogens is 328 g/mol. The number of aliphatic hydroxyl groups is 1. The van der Waals surface area contributed by atoms with Crippen molar-refractivity contribution >= 4 is 32.5 Å². The molecule has 0 amide bonds. The van der Waals surface area contributed by atoms with Crippen LogP contribution in [0.15, 0.2) is 65.3 Å². The third kappa shape index (κ3) is 2.91. The van der Waals surface area contributed by atoms with Crippen LogP contribution in [-0.2, 0) is 0 Å². The summed E-state index contributed by atoms with van der Waals surface area (Å²) in [6, 6.07) is 17.7. The fraction of sp³-hybridized carbons (Fsp3) is 0.118. The highest BCUT2D eigenvalue weighted by atomic mass is 79.9. The molecule has 0 spiro atoms. The van der Waals surface area contributed by atoms with Gasteiger partial charge in [-0.15, -0.1) is 0 Å². The minimum Gasteiger partial charge on any atom is -0.394 e. The normalized spacial score (nSPS) is 12.3. The van der Waals surface area contributed by atoms with E-state index < -0.39 is 0 Å². The van der Waals surface area contributed by atoms with Crippen LogP contribution in [0.25, 0.3) is 10.8 Å². The maximum absolute atomic E-state index is 9.67. The molecule has 1 atom stereocenters. The average molecular weight is 343 g/mol. The molecule has 0 saturated carbocycles. The zero-order valence-electron chi connectivity index (χ0n) is 11.3. The van der Waals surface area contributed by atoms with Gasteiger partial charge in [0, 0.05) is 21.4 Å². The number of nitrogens with one attached hydrogen (secondary N) is 1. The standard InChI is InChI=1S/C17H15BrN2O/c18-15-8-4-7-14-13(15)9-10-19-17(14)20-16(11-21)12-5-2-1-3-6-12/h1-10,16,21H,11H2,(H,19,20). The van der Waals surface area contributed by atoms with Crippen LogP contribution >= 0.6 is 15.9 Å². The van der Waals surface area contributed by atoms with Crippen molar-refractivity contribution < 1.29 is 5.11 Å². The third-order valence-electron chi connectivity index (χ3n) is 3.45. The van der Waals surface area contributed by atoms with Gasteiger partial charge in [0.25, 0.3) is 0 Å². The van der Waals surface area contributed by atoms with Crippen LogP contribution in [-0.4, -0.2) is 16.7 Å². The summed E-state index contributed by atoms with van der Waals surface area (Å²) in [6.07, 6.45) is 1.77. The first kappa shape index (κ1) is 14.0. The molecule has 1 aromatic heterocycles. The number of aromatic nitrogens is 1. The summed E-state index contributed by atoms with van der Waals surface area (Å²) in [5.74, 6) is 0.775. The Labute approximate surface area is 131 Å². The molecular formula is C17H15BrN2O. The van der Waals surface area contributed by atoms with E-state index in [1.165, 1.54) is 0 Å². The molecule has 0 aliphatic heterocycles. The summed E-state index contributed by atoms with van der Waals surface area (Å²) < 4.78 is 1.03. The molecule has 4 heteroatoms. The van der Waals surface area contributed by atoms with Gasteiger partial charge in [0.05, 0.1) is 12.6 Å². The number of aliphatic hydroxyl groups excluding tert-OH is 1. The number of hydrogen-bond acceptors (Lipinski definition) is 3. The largest absolute Gasteiger partial charge is 0.394 e. The van der Waals surface area contributed by atoms with Gasteiger partial charge in [-0.25, -0.2) is 4.98 Å². The molecule has 21 heavy (non-hydrogen) atoms. The first-order valence-corrected chi connectivity index (χ1v) is 7.54. The van der Waals surface area contributed by atoms with Gasteiger partial charge < -0.3 is 10.4 Å². The van der Waals surface area contributed by atoms with E-state index in [9.17, 15) is 5.11 Å². The number of nitrogens with zero attached hydrogens (tertiary/aromatic N) is 1. The second kappa shape index (κ2) is 6.24. The zero-order chi connectivity index (χ0) is 14.7. The number of benzene rings is 2. The molecule has 0 fully saturated rings. The summed E-state index contributed by atoms with van der Waals surface area (Å²) in [5, 5.41) is 15.1. The second-order valence-corrected chi connectivity index (χ2v) is 5.64. The molecule has 0 bridgehead atoms. The predicted molar refractivity (Wildman–Crippen MR) is 89.3 cm³/mol. The SMILES string of the molecule is OCC(Nc1nccc2c(Br)cccc12)c1ccccc1. The minimum atomic E-state index is -0.178. The maximum Gasteiger partial charge on any atom is 0.134 e. The monoisotopic (exact) mass is 342 g/mol. The van der Waals surface area contributed by atoms with Gasteiger partial charge in [-0.2, -0.15) is 0 Å². The van der Waals surface area contributed by atoms with Crippen molar-refractivity contribution in [2.75, 3.05) is 11.9 Å². The number of rotatable bonds is 4. The number of anilines is 1. The Morgan fingerprint density at radius 1 is 1.00 bits per heavy atom. The molecule has 3 nitrogen and oxygen atoms in total. The van der Waals surface area contributed by atoms with E-state index in [0.717, 1.165) is 26.6 Å². The lowest BCUT2D eigenvalue weighted by molar-refractivity contribution is 0.276. The number of fused-ring (bicyclic) bond motifs is 1. The summed E-state index contributed by atoms with van der Waals surface area (Å²) >= 11 is 3.55. The van der Waals surface area contributed by atoms with Gasteiger partial charge in [-0.05, 0) is 17.7 Å². The van der Waals surface area contributed by atoms with E-state index in [1.807, 2.05) is 54.6 Å². The van der Waals surface area contributed by atoms with E-state index in [2.05, 4.69) is 26.2 Å². The van der Waals surface area contributed by atoms with E-state index in [4.69, 9.17) is 0 Å². The van der Waals surface area contributed by atoms with Crippen LogP contribution in [0.4, 0.5) is 5.82 Å². The number of hydrogen-bond donors (Lipinski definition) is 2. The van der Waals surface area contributed by atoms with Gasteiger partial charge >= 0.3 is 0 Å². The van der Waals surface area contributed by atoms with Gasteiger partial charge in [0.1, 0.15) is 5.82 Å². The van der Waals surface area contributed by atoms with E-state index in [1.54, 1.807) is 6.20 Å². The van der Waals surface area contributed by atoms with Crippen molar-refractivity contribution in [3.63, 3.8) is 0 Å². The highest BCUT2D eigenvalue weighted by Crippen LogP contribution is 2.29. The molecule has 2 aromatic carbocycles. The van der Waals surface area contributed by atoms with E-state index in [-0.39, 0.29) is 12.6 Å². The summed E-state index contributed by atoms with van der Waals surface area (Å²) in [5.41, 5.74) is 1.04. The fourth-order valence-electron chi connectivity index (χ4n) is 2.37.